The molecule has 42 heavy (non-hydrogen) atoms. The van der Waals surface area contributed by atoms with Crippen LogP contribution in [0.25, 0.3) is 0 Å². The molecule has 13 heteroatoms. The molecular weight excluding hydrogens is 573 g/mol. The molecule has 1 amide bonds. The van der Waals surface area contributed by atoms with Gasteiger partial charge in [0, 0.05) is 45.3 Å². The molecule has 0 aliphatic carbocycles. The normalized spacial score (nSPS) is 13.5. The van der Waals surface area contributed by atoms with Gasteiger partial charge >= 0.3 is 12.1 Å². The summed E-state index contributed by atoms with van der Waals surface area (Å²) in [5, 5.41) is 10.4. The van der Waals surface area contributed by atoms with Gasteiger partial charge < -0.3 is 20.2 Å². The highest BCUT2D eigenvalue weighted by molar-refractivity contribution is 7.92. The molecule has 0 atom stereocenters. The average Bonchev–Trinajstić information content (AvgIpc) is 2.97. The molecule has 3 aromatic rings. The Balaban J connectivity index is 0.000000616. The molecule has 1 aliphatic heterocycles. The first-order valence-corrected chi connectivity index (χ1v) is 14.6. The van der Waals surface area contributed by atoms with Gasteiger partial charge in [-0.2, -0.15) is 13.2 Å². The molecule has 3 aromatic carbocycles. The summed E-state index contributed by atoms with van der Waals surface area (Å²) in [6.45, 7) is 5.61. The highest BCUT2D eigenvalue weighted by Gasteiger charge is 2.38. The van der Waals surface area contributed by atoms with Crippen molar-refractivity contribution in [3.8, 4) is 0 Å². The van der Waals surface area contributed by atoms with Crippen LogP contribution in [0.15, 0.2) is 77.7 Å². The Morgan fingerprint density at radius 1 is 0.976 bits per heavy atom. The summed E-state index contributed by atoms with van der Waals surface area (Å²) in [5.74, 6) is -2.93. The van der Waals surface area contributed by atoms with E-state index in [1.807, 2.05) is 55.5 Å². The molecular formula is C29H33F3N4O5S. The van der Waals surface area contributed by atoms with E-state index in [1.165, 1.54) is 0 Å². The van der Waals surface area contributed by atoms with E-state index in [2.05, 4.69) is 14.9 Å². The molecule has 0 spiro atoms. The first-order valence-electron chi connectivity index (χ1n) is 13.1. The smallest absolute Gasteiger partial charge is 0.475 e. The van der Waals surface area contributed by atoms with Crippen LogP contribution in [0.1, 0.15) is 28.4 Å². The van der Waals surface area contributed by atoms with E-state index in [0.717, 1.165) is 49.4 Å². The van der Waals surface area contributed by atoms with Crippen LogP contribution in [0.4, 0.5) is 24.5 Å². The molecule has 1 fully saturated rings. The topological polar surface area (TPSA) is 119 Å². The van der Waals surface area contributed by atoms with Gasteiger partial charge in [0.25, 0.3) is 15.9 Å². The molecule has 0 aromatic heterocycles. The van der Waals surface area contributed by atoms with E-state index in [0.29, 0.717) is 17.8 Å². The van der Waals surface area contributed by atoms with Gasteiger partial charge in [0.05, 0.1) is 16.3 Å². The Morgan fingerprint density at radius 2 is 1.57 bits per heavy atom. The summed E-state index contributed by atoms with van der Waals surface area (Å²) >= 11 is 0. The number of nitrogens with one attached hydrogen (secondary N) is 2. The van der Waals surface area contributed by atoms with E-state index in [-0.39, 0.29) is 10.8 Å². The summed E-state index contributed by atoms with van der Waals surface area (Å²) in [7, 11) is -2.08. The van der Waals surface area contributed by atoms with Crippen molar-refractivity contribution in [2.24, 2.45) is 0 Å². The van der Waals surface area contributed by atoms with Gasteiger partial charge in [0.1, 0.15) is 0 Å². The van der Waals surface area contributed by atoms with Crippen molar-refractivity contribution in [2.75, 3.05) is 42.8 Å². The molecule has 226 valence electrons. The molecule has 9 nitrogen and oxygen atoms in total. The minimum atomic E-state index is -5.08. The number of carbonyl (C=O) groups excluding carboxylic acids is 1. The minimum Gasteiger partial charge on any atom is -0.475 e. The van der Waals surface area contributed by atoms with E-state index >= 15 is 0 Å². The first-order chi connectivity index (χ1) is 19.8. The maximum absolute atomic E-state index is 13.3. The second kappa shape index (κ2) is 14.2. The van der Waals surface area contributed by atoms with Crippen LogP contribution in [0.5, 0.6) is 0 Å². The molecule has 0 unspecified atom stereocenters. The lowest BCUT2D eigenvalue weighted by Crippen LogP contribution is -2.43. The van der Waals surface area contributed by atoms with Crippen LogP contribution in [0, 0.1) is 0 Å². The summed E-state index contributed by atoms with van der Waals surface area (Å²) in [6.07, 6.45) is -4.25. The summed E-state index contributed by atoms with van der Waals surface area (Å²) in [4.78, 5) is 26.1. The number of alkyl halides is 3. The number of carbonyl (C=O) groups is 2. The summed E-state index contributed by atoms with van der Waals surface area (Å²) in [6, 6.07) is 21.9. The fraction of sp³-hybridized carbons (Fsp3) is 0.310. The molecule has 0 bridgehead atoms. The number of aliphatic carboxylic acids is 1. The molecule has 0 radical (unpaired) electrons. The van der Waals surface area contributed by atoms with Crippen molar-refractivity contribution in [2.45, 2.75) is 31.0 Å². The Bertz CT molecular complexity index is 1460. The first kappa shape index (κ1) is 32.4. The number of hydrogen-bond acceptors (Lipinski definition) is 6. The Hall–Kier alpha value is -4.10. The Morgan fingerprint density at radius 3 is 2.12 bits per heavy atom. The predicted molar refractivity (Wildman–Crippen MR) is 154 cm³/mol. The number of benzene rings is 3. The van der Waals surface area contributed by atoms with E-state index < -0.39 is 22.2 Å². The fourth-order valence-corrected chi connectivity index (χ4v) is 5.26. The van der Waals surface area contributed by atoms with Gasteiger partial charge in [-0.15, -0.1) is 0 Å². The Labute approximate surface area is 243 Å². The van der Waals surface area contributed by atoms with Crippen LogP contribution < -0.4 is 14.9 Å². The number of nitrogens with zero attached hydrogens (tertiary/aromatic N) is 2. The maximum Gasteiger partial charge on any atom is 0.490 e. The maximum atomic E-state index is 13.3. The standard InChI is InChI=1S/C27H32N4O3S.C2HF3O2/c1-3-21-9-12-24(13-10-21)35(33,34)29-25-19-23(11-14-26(25)31-17-15-28-16-18-31)27(32)30(2)20-22-7-5-4-6-8-22;3-2(4,5)1(6)7/h4-14,19,28-29H,3,15-18,20H2,1-2H3;(H,6,7). The summed E-state index contributed by atoms with van der Waals surface area (Å²) in [5.41, 5.74) is 3.70. The van der Waals surface area contributed by atoms with Gasteiger partial charge in [-0.05, 0) is 47.9 Å². The van der Waals surface area contributed by atoms with Gasteiger partial charge in [-0.25, -0.2) is 13.2 Å². The number of carboxylic acid groups (broad SMARTS) is 1. The molecule has 1 heterocycles. The summed E-state index contributed by atoms with van der Waals surface area (Å²) < 4.78 is 61.0. The number of sulfonamides is 1. The van der Waals surface area contributed by atoms with E-state index in [1.54, 1.807) is 36.2 Å². The van der Waals surface area contributed by atoms with Crippen molar-refractivity contribution in [3.63, 3.8) is 0 Å². The minimum absolute atomic E-state index is 0.173. The SMILES string of the molecule is CCc1ccc(S(=O)(=O)Nc2cc(C(=O)N(C)Cc3ccccc3)ccc2N2CCNCC2)cc1.O=C(O)C(F)(F)F. The zero-order valence-corrected chi connectivity index (χ0v) is 24.0. The third kappa shape index (κ3) is 8.95. The fourth-order valence-electron chi connectivity index (χ4n) is 4.19. The number of hydrogen-bond donors (Lipinski definition) is 3. The highest BCUT2D eigenvalue weighted by atomic mass is 32.2. The van der Waals surface area contributed by atoms with E-state index in [9.17, 15) is 26.4 Å². The van der Waals surface area contributed by atoms with Gasteiger partial charge in [-0.1, -0.05) is 49.4 Å². The lowest BCUT2D eigenvalue weighted by Gasteiger charge is -2.31. The molecule has 1 saturated heterocycles. The van der Waals surface area contributed by atoms with Crippen molar-refractivity contribution in [1.29, 1.82) is 0 Å². The van der Waals surface area contributed by atoms with Crippen molar-refractivity contribution in [1.82, 2.24) is 10.2 Å². The zero-order valence-electron chi connectivity index (χ0n) is 23.2. The molecule has 1 aliphatic rings. The highest BCUT2D eigenvalue weighted by Crippen LogP contribution is 2.30. The van der Waals surface area contributed by atoms with E-state index in [4.69, 9.17) is 9.90 Å². The number of carboxylic acids is 1. The zero-order chi connectivity index (χ0) is 30.9. The number of anilines is 2. The second-order valence-corrected chi connectivity index (χ2v) is 11.2. The van der Waals surface area contributed by atoms with Crippen LogP contribution in [0.3, 0.4) is 0 Å². The van der Waals surface area contributed by atoms with Crippen molar-refractivity contribution in [3.05, 3.63) is 89.5 Å². The lowest BCUT2D eigenvalue weighted by molar-refractivity contribution is -0.192. The van der Waals surface area contributed by atoms with Crippen LogP contribution in [0.2, 0.25) is 0 Å². The third-order valence-corrected chi connectivity index (χ3v) is 7.82. The van der Waals surface area contributed by atoms with Gasteiger partial charge in [0.15, 0.2) is 0 Å². The number of amides is 1. The van der Waals surface area contributed by atoms with Gasteiger partial charge in [-0.3, -0.25) is 9.52 Å². The second-order valence-electron chi connectivity index (χ2n) is 9.52. The van der Waals surface area contributed by atoms with Crippen LogP contribution >= 0.6 is 0 Å². The van der Waals surface area contributed by atoms with Crippen LogP contribution in [-0.2, 0) is 27.8 Å². The van der Waals surface area contributed by atoms with Crippen LogP contribution in [-0.4, -0.2) is 69.7 Å². The quantitative estimate of drug-likeness (QED) is 0.349. The number of halogens is 3. The largest absolute Gasteiger partial charge is 0.490 e. The molecule has 0 saturated carbocycles. The number of aryl methyl sites for hydroxylation is 1. The number of rotatable bonds is 8. The average molecular weight is 607 g/mol. The lowest BCUT2D eigenvalue weighted by atomic mass is 10.1. The Kier molecular flexibility index (Phi) is 10.9. The molecule has 4 rings (SSSR count). The third-order valence-electron chi connectivity index (χ3n) is 6.44. The molecule has 3 N–H and O–H groups in total. The van der Waals surface area contributed by atoms with Gasteiger partial charge in [0.2, 0.25) is 0 Å². The predicted octanol–water partition coefficient (Wildman–Crippen LogP) is 4.36. The number of piperazine rings is 1. The monoisotopic (exact) mass is 606 g/mol. The van der Waals surface area contributed by atoms with Crippen molar-refractivity contribution < 1.29 is 36.3 Å². The van der Waals surface area contributed by atoms with Crippen molar-refractivity contribution >= 4 is 33.3 Å².